The number of esters is 1. The van der Waals surface area contributed by atoms with E-state index in [0.29, 0.717) is 13.0 Å². The molecule has 0 spiro atoms. The Bertz CT molecular complexity index is 500. The molecule has 1 aromatic carbocycles. The van der Waals surface area contributed by atoms with Gasteiger partial charge in [-0.2, -0.15) is 0 Å². The highest BCUT2D eigenvalue weighted by molar-refractivity contribution is 5.98. The second-order valence-electron chi connectivity index (χ2n) is 4.59. The van der Waals surface area contributed by atoms with Crippen LogP contribution in [-0.4, -0.2) is 38.7 Å². The monoisotopic (exact) mass is 275 g/mol. The van der Waals surface area contributed by atoms with Crippen molar-refractivity contribution >= 4 is 17.6 Å². The average Bonchev–Trinajstić information content (AvgIpc) is 2.90. The first-order valence-corrected chi connectivity index (χ1v) is 6.96. The zero-order valence-corrected chi connectivity index (χ0v) is 12.1. The highest BCUT2D eigenvalue weighted by Gasteiger charge is 2.22. The molecule has 0 fully saturated rings. The molecular formula is C15H21N3O2. The Balaban J connectivity index is 2.09. The molecule has 5 nitrogen and oxygen atoms in total. The summed E-state index contributed by atoms with van der Waals surface area (Å²) in [5, 5.41) is 3.28. The zero-order valence-electron chi connectivity index (χ0n) is 12.1. The number of rotatable bonds is 4. The number of carbonyl (C=O) groups excluding carboxylic acids is 1. The lowest BCUT2D eigenvalue weighted by atomic mass is 10.2. The first-order chi connectivity index (χ1) is 9.76. The van der Waals surface area contributed by atoms with Crippen LogP contribution in [0.5, 0.6) is 0 Å². The van der Waals surface area contributed by atoms with Gasteiger partial charge >= 0.3 is 5.97 Å². The van der Waals surface area contributed by atoms with E-state index in [2.05, 4.69) is 38.1 Å². The summed E-state index contributed by atoms with van der Waals surface area (Å²) < 4.78 is 4.63. The number of hydrogen-bond donors (Lipinski definition) is 1. The van der Waals surface area contributed by atoms with Crippen LogP contribution in [0, 0.1) is 0 Å². The molecule has 1 heterocycles. The number of ether oxygens (including phenoxy) is 1. The van der Waals surface area contributed by atoms with E-state index in [1.165, 1.54) is 18.4 Å². The third-order valence-electron chi connectivity index (χ3n) is 3.28. The lowest BCUT2D eigenvalue weighted by Crippen LogP contribution is -2.40. The predicted molar refractivity (Wildman–Crippen MR) is 80.1 cm³/mol. The molecule has 5 heteroatoms. The molecule has 0 amide bonds. The second kappa shape index (κ2) is 6.93. The van der Waals surface area contributed by atoms with Crippen LogP contribution in [0.2, 0.25) is 0 Å². The molecule has 0 atom stereocenters. The number of benzene rings is 1. The largest absolute Gasteiger partial charge is 0.469 e. The fraction of sp³-hybridized carbons (Fsp3) is 0.467. The minimum Gasteiger partial charge on any atom is -0.469 e. The molecule has 0 saturated carbocycles. The van der Waals surface area contributed by atoms with Crippen molar-refractivity contribution in [3.8, 4) is 0 Å². The smallest absolute Gasteiger partial charge is 0.307 e. The highest BCUT2D eigenvalue weighted by Crippen LogP contribution is 2.27. The number of aliphatic imine (C=N–C) groups is 1. The number of para-hydroxylation sites is 1. The summed E-state index contributed by atoms with van der Waals surface area (Å²) >= 11 is 0. The summed E-state index contributed by atoms with van der Waals surface area (Å²) in [6.45, 7) is 4.20. The summed E-state index contributed by atoms with van der Waals surface area (Å²) in [6, 6.07) is 8.35. The Morgan fingerprint density at radius 2 is 2.25 bits per heavy atom. The van der Waals surface area contributed by atoms with Gasteiger partial charge < -0.3 is 15.0 Å². The van der Waals surface area contributed by atoms with E-state index >= 15 is 0 Å². The Hall–Kier alpha value is -2.04. The van der Waals surface area contributed by atoms with Gasteiger partial charge in [0, 0.05) is 18.8 Å². The zero-order chi connectivity index (χ0) is 14.4. The summed E-state index contributed by atoms with van der Waals surface area (Å²) in [4.78, 5) is 17.8. The molecule has 0 aromatic heterocycles. The molecule has 1 aliphatic rings. The molecule has 20 heavy (non-hydrogen) atoms. The number of guanidine groups is 1. The quantitative estimate of drug-likeness (QED) is 0.515. The Morgan fingerprint density at radius 1 is 1.45 bits per heavy atom. The molecule has 0 aliphatic carbocycles. The Labute approximate surface area is 119 Å². The van der Waals surface area contributed by atoms with Crippen molar-refractivity contribution in [2.75, 3.05) is 31.6 Å². The number of nitrogens with one attached hydrogen (secondary N) is 1. The summed E-state index contributed by atoms with van der Waals surface area (Å²) in [5.41, 5.74) is 2.54. The second-order valence-corrected chi connectivity index (χ2v) is 4.59. The van der Waals surface area contributed by atoms with Crippen LogP contribution < -0.4 is 10.2 Å². The predicted octanol–water partition coefficient (Wildman–Crippen LogP) is 1.58. The summed E-state index contributed by atoms with van der Waals surface area (Å²) in [5.74, 6) is 0.604. The first kappa shape index (κ1) is 14.4. The molecule has 1 aromatic rings. The number of nitrogens with zero attached hydrogens (tertiary/aromatic N) is 2. The molecule has 2 rings (SSSR count). The number of carbonyl (C=O) groups is 1. The summed E-state index contributed by atoms with van der Waals surface area (Å²) in [6.07, 6.45) is 1.33. The van der Waals surface area contributed by atoms with Gasteiger partial charge in [-0.3, -0.25) is 9.79 Å². The third-order valence-corrected chi connectivity index (χ3v) is 3.28. The molecule has 0 unspecified atom stereocenters. The van der Waals surface area contributed by atoms with Crippen LogP contribution in [0.15, 0.2) is 29.3 Å². The van der Waals surface area contributed by atoms with Crippen molar-refractivity contribution in [2.24, 2.45) is 4.99 Å². The van der Waals surface area contributed by atoms with Gasteiger partial charge in [-0.25, -0.2) is 0 Å². The van der Waals surface area contributed by atoms with Gasteiger partial charge in [0.2, 0.25) is 0 Å². The number of anilines is 1. The number of fused-ring (bicyclic) bond motifs is 1. The van der Waals surface area contributed by atoms with E-state index in [4.69, 9.17) is 0 Å². The van der Waals surface area contributed by atoms with Crippen molar-refractivity contribution in [1.29, 1.82) is 0 Å². The molecular weight excluding hydrogens is 254 g/mol. The topological polar surface area (TPSA) is 53.9 Å². The maximum absolute atomic E-state index is 11.1. The minimum absolute atomic E-state index is 0.230. The van der Waals surface area contributed by atoms with Crippen LogP contribution in [0.3, 0.4) is 0 Å². The van der Waals surface area contributed by atoms with Gasteiger partial charge in [0.1, 0.15) is 0 Å². The molecule has 0 radical (unpaired) electrons. The van der Waals surface area contributed by atoms with Gasteiger partial charge in [-0.1, -0.05) is 18.2 Å². The fourth-order valence-electron chi connectivity index (χ4n) is 2.31. The normalized spacial score (nSPS) is 14.1. The van der Waals surface area contributed by atoms with Crippen molar-refractivity contribution < 1.29 is 9.53 Å². The van der Waals surface area contributed by atoms with Crippen LogP contribution in [0.1, 0.15) is 18.9 Å². The van der Waals surface area contributed by atoms with Crippen LogP contribution >= 0.6 is 0 Å². The lowest BCUT2D eigenvalue weighted by Gasteiger charge is -2.22. The van der Waals surface area contributed by atoms with E-state index < -0.39 is 0 Å². The van der Waals surface area contributed by atoms with E-state index in [9.17, 15) is 4.79 Å². The lowest BCUT2D eigenvalue weighted by molar-refractivity contribution is -0.140. The van der Waals surface area contributed by atoms with E-state index in [1.54, 1.807) is 0 Å². The minimum atomic E-state index is -0.230. The molecule has 0 saturated heterocycles. The van der Waals surface area contributed by atoms with E-state index in [-0.39, 0.29) is 5.97 Å². The number of hydrogen-bond acceptors (Lipinski definition) is 3. The SMILES string of the molecule is CCNC(=NCCC(=O)OC)N1CCc2ccccc21. The van der Waals surface area contributed by atoms with Crippen molar-refractivity contribution in [3.63, 3.8) is 0 Å². The third kappa shape index (κ3) is 3.29. The number of methoxy groups -OCH3 is 1. The van der Waals surface area contributed by atoms with Crippen molar-refractivity contribution in [3.05, 3.63) is 29.8 Å². The van der Waals surface area contributed by atoms with Gasteiger partial charge in [0.25, 0.3) is 0 Å². The van der Waals surface area contributed by atoms with Gasteiger partial charge in [0.05, 0.1) is 20.1 Å². The maximum atomic E-state index is 11.1. The van der Waals surface area contributed by atoms with Crippen molar-refractivity contribution in [2.45, 2.75) is 19.8 Å². The maximum Gasteiger partial charge on any atom is 0.307 e. The van der Waals surface area contributed by atoms with Crippen LogP contribution in [0.4, 0.5) is 5.69 Å². The fourth-order valence-corrected chi connectivity index (χ4v) is 2.31. The van der Waals surface area contributed by atoms with E-state index in [1.807, 2.05) is 13.0 Å². The molecule has 108 valence electrons. The standard InChI is InChI=1S/C15H21N3O2/c1-3-16-15(17-10-8-14(19)20-2)18-11-9-12-6-4-5-7-13(12)18/h4-7H,3,8-11H2,1-2H3,(H,16,17). The molecule has 0 bridgehead atoms. The van der Waals surface area contributed by atoms with Gasteiger partial charge in [-0.15, -0.1) is 0 Å². The van der Waals surface area contributed by atoms with E-state index in [0.717, 1.165) is 25.5 Å². The Kier molecular flexibility index (Phi) is 4.98. The van der Waals surface area contributed by atoms with Crippen LogP contribution in [-0.2, 0) is 16.0 Å². The van der Waals surface area contributed by atoms with Gasteiger partial charge in [0.15, 0.2) is 5.96 Å². The Morgan fingerprint density at radius 3 is 3.00 bits per heavy atom. The van der Waals surface area contributed by atoms with Gasteiger partial charge in [-0.05, 0) is 25.0 Å². The summed E-state index contributed by atoms with van der Waals surface area (Å²) in [7, 11) is 1.40. The molecule has 1 aliphatic heterocycles. The van der Waals surface area contributed by atoms with Crippen molar-refractivity contribution in [1.82, 2.24) is 5.32 Å². The molecule has 1 N–H and O–H groups in total. The highest BCUT2D eigenvalue weighted by atomic mass is 16.5. The average molecular weight is 275 g/mol. The van der Waals surface area contributed by atoms with Crippen LogP contribution in [0.25, 0.3) is 0 Å². The first-order valence-electron chi connectivity index (χ1n) is 6.96.